The molecule has 0 radical (unpaired) electrons. The Bertz CT molecular complexity index is 298. The molecule has 1 aromatic carbocycles. The third kappa shape index (κ3) is 4.04. The van der Waals surface area contributed by atoms with Crippen LogP contribution in [0.15, 0.2) is 30.3 Å². The lowest BCUT2D eigenvalue weighted by molar-refractivity contribution is 0.00316. The molecular formula is C15H24OS. The molecule has 1 nitrogen and oxygen atoms in total. The molecule has 0 aliphatic rings. The van der Waals surface area contributed by atoms with E-state index in [1.165, 1.54) is 5.56 Å². The zero-order chi connectivity index (χ0) is 12.7. The molecular weight excluding hydrogens is 228 g/mol. The van der Waals surface area contributed by atoms with Crippen LogP contribution in [0.1, 0.15) is 45.3 Å². The normalized spacial score (nSPS) is 13.6. The van der Waals surface area contributed by atoms with Gasteiger partial charge in [0.2, 0.25) is 0 Å². The Labute approximate surface area is 111 Å². The second kappa shape index (κ2) is 7.07. The van der Waals surface area contributed by atoms with Gasteiger partial charge in [0.1, 0.15) is 0 Å². The summed E-state index contributed by atoms with van der Waals surface area (Å²) in [7, 11) is 0. The van der Waals surface area contributed by atoms with Crippen molar-refractivity contribution in [3.63, 3.8) is 0 Å². The first-order valence-corrected chi connectivity index (χ1v) is 7.08. The average molecular weight is 252 g/mol. The number of benzene rings is 1. The van der Waals surface area contributed by atoms with Crippen molar-refractivity contribution in [1.29, 1.82) is 0 Å². The fraction of sp³-hybridized carbons (Fsp3) is 0.600. The van der Waals surface area contributed by atoms with Crippen LogP contribution in [0.2, 0.25) is 0 Å². The van der Waals surface area contributed by atoms with Gasteiger partial charge in [0.25, 0.3) is 0 Å². The van der Waals surface area contributed by atoms with Gasteiger partial charge in [0.15, 0.2) is 0 Å². The third-order valence-electron chi connectivity index (χ3n) is 3.74. The molecule has 96 valence electrons. The van der Waals surface area contributed by atoms with E-state index in [4.69, 9.17) is 4.74 Å². The quantitative estimate of drug-likeness (QED) is 0.703. The molecule has 1 atom stereocenters. The Kier molecular flexibility index (Phi) is 6.07. The number of hydrogen-bond donors (Lipinski definition) is 1. The summed E-state index contributed by atoms with van der Waals surface area (Å²) in [5.41, 5.74) is 1.47. The highest BCUT2D eigenvalue weighted by atomic mass is 32.1. The molecule has 0 N–H and O–H groups in total. The summed E-state index contributed by atoms with van der Waals surface area (Å²) in [5, 5.41) is 0. The zero-order valence-electron chi connectivity index (χ0n) is 11.1. The van der Waals surface area contributed by atoms with Gasteiger partial charge in [0.05, 0.1) is 12.7 Å². The van der Waals surface area contributed by atoms with Crippen LogP contribution in [0.3, 0.4) is 0 Å². The molecule has 0 aromatic heterocycles. The molecule has 0 fully saturated rings. The molecule has 1 aromatic rings. The highest BCUT2D eigenvalue weighted by molar-refractivity contribution is 7.80. The van der Waals surface area contributed by atoms with Crippen molar-refractivity contribution >= 4 is 12.6 Å². The van der Waals surface area contributed by atoms with Crippen LogP contribution in [-0.2, 0) is 4.74 Å². The van der Waals surface area contributed by atoms with Crippen LogP contribution in [-0.4, -0.2) is 12.4 Å². The number of thiol groups is 1. The molecule has 0 aliphatic heterocycles. The molecule has 1 unspecified atom stereocenters. The van der Waals surface area contributed by atoms with Crippen molar-refractivity contribution in [2.75, 3.05) is 12.4 Å². The van der Waals surface area contributed by atoms with Crippen LogP contribution < -0.4 is 0 Å². The molecule has 0 amide bonds. The van der Waals surface area contributed by atoms with Gasteiger partial charge < -0.3 is 4.74 Å². The van der Waals surface area contributed by atoms with Crippen LogP contribution in [0.25, 0.3) is 0 Å². The van der Waals surface area contributed by atoms with Crippen molar-refractivity contribution in [3.8, 4) is 0 Å². The van der Waals surface area contributed by atoms with Crippen molar-refractivity contribution < 1.29 is 4.74 Å². The lowest BCUT2D eigenvalue weighted by atomic mass is 9.85. The van der Waals surface area contributed by atoms with Crippen LogP contribution >= 0.6 is 12.6 Å². The smallest absolute Gasteiger partial charge is 0.0797 e. The third-order valence-corrected chi connectivity index (χ3v) is 4.41. The van der Waals surface area contributed by atoms with Gasteiger partial charge in [-0.15, -0.1) is 0 Å². The van der Waals surface area contributed by atoms with Crippen molar-refractivity contribution in [1.82, 2.24) is 0 Å². The largest absolute Gasteiger partial charge is 0.373 e. The Morgan fingerprint density at radius 3 is 2.24 bits per heavy atom. The van der Waals surface area contributed by atoms with E-state index >= 15 is 0 Å². The van der Waals surface area contributed by atoms with Crippen LogP contribution in [0, 0.1) is 5.41 Å². The summed E-state index contributed by atoms with van der Waals surface area (Å²) in [5.74, 6) is 0.890. The first-order valence-electron chi connectivity index (χ1n) is 6.45. The van der Waals surface area contributed by atoms with E-state index in [0.29, 0.717) is 0 Å². The van der Waals surface area contributed by atoms with Crippen molar-refractivity contribution in [2.24, 2.45) is 5.41 Å². The fourth-order valence-corrected chi connectivity index (χ4v) is 2.38. The number of rotatable bonds is 7. The van der Waals surface area contributed by atoms with Gasteiger partial charge in [-0.2, -0.15) is 12.6 Å². The fourth-order valence-electron chi connectivity index (χ4n) is 1.85. The predicted octanol–water partition coefficient (Wildman–Crippen LogP) is 4.50. The van der Waals surface area contributed by atoms with E-state index in [1.54, 1.807) is 0 Å². The molecule has 1 rings (SSSR count). The van der Waals surface area contributed by atoms with E-state index in [2.05, 4.69) is 57.7 Å². The summed E-state index contributed by atoms with van der Waals surface area (Å²) in [6.07, 6.45) is 2.40. The molecule has 0 spiro atoms. The first kappa shape index (κ1) is 14.6. The Hall–Kier alpha value is -0.470. The maximum atomic E-state index is 6.02. The van der Waals surface area contributed by atoms with Crippen molar-refractivity contribution in [3.05, 3.63) is 35.9 Å². The predicted molar refractivity (Wildman–Crippen MR) is 77.7 cm³/mol. The molecule has 0 heterocycles. The molecule has 0 bridgehead atoms. The molecule has 17 heavy (non-hydrogen) atoms. The molecule has 0 aliphatic carbocycles. The Morgan fingerprint density at radius 2 is 1.76 bits per heavy atom. The molecule has 0 saturated heterocycles. The molecule has 0 saturated carbocycles. The second-order valence-electron chi connectivity index (χ2n) is 4.73. The van der Waals surface area contributed by atoms with Gasteiger partial charge >= 0.3 is 0 Å². The minimum Gasteiger partial charge on any atom is -0.373 e. The topological polar surface area (TPSA) is 9.23 Å². The minimum absolute atomic E-state index is 0.161. The van der Waals surface area contributed by atoms with E-state index in [-0.39, 0.29) is 11.5 Å². The lowest BCUT2D eigenvalue weighted by Gasteiger charge is -2.31. The first-order chi connectivity index (χ1) is 8.17. The van der Waals surface area contributed by atoms with Crippen molar-refractivity contribution in [2.45, 2.75) is 39.7 Å². The zero-order valence-corrected chi connectivity index (χ0v) is 12.0. The van der Waals surface area contributed by atoms with Gasteiger partial charge in [-0.1, -0.05) is 44.2 Å². The maximum absolute atomic E-state index is 6.02. The minimum atomic E-state index is 0.161. The Balaban J connectivity index is 2.55. The summed E-state index contributed by atoms with van der Waals surface area (Å²) < 4.78 is 6.02. The van der Waals surface area contributed by atoms with E-state index in [1.807, 2.05) is 6.07 Å². The highest BCUT2D eigenvalue weighted by Gasteiger charge is 2.25. The standard InChI is InChI=1S/C15H24OS/c1-4-15(5-2,12-17)11-16-13(3)14-9-7-6-8-10-14/h6-10,13,17H,4-5,11-12H2,1-3H3. The van der Waals surface area contributed by atoms with E-state index in [0.717, 1.165) is 25.2 Å². The second-order valence-corrected chi connectivity index (χ2v) is 5.05. The van der Waals surface area contributed by atoms with Crippen LogP contribution in [0.5, 0.6) is 0 Å². The van der Waals surface area contributed by atoms with Gasteiger partial charge in [-0.25, -0.2) is 0 Å². The van der Waals surface area contributed by atoms with Gasteiger partial charge in [-0.3, -0.25) is 0 Å². The summed E-state index contributed by atoms with van der Waals surface area (Å²) in [6, 6.07) is 10.4. The highest BCUT2D eigenvalue weighted by Crippen LogP contribution is 2.30. The maximum Gasteiger partial charge on any atom is 0.0797 e. The number of hydrogen-bond acceptors (Lipinski definition) is 2. The van der Waals surface area contributed by atoms with Gasteiger partial charge in [0, 0.05) is 5.41 Å². The summed E-state index contributed by atoms with van der Waals surface area (Å²) in [6.45, 7) is 7.34. The summed E-state index contributed by atoms with van der Waals surface area (Å²) >= 11 is 4.47. The Morgan fingerprint density at radius 1 is 1.18 bits per heavy atom. The monoisotopic (exact) mass is 252 g/mol. The van der Waals surface area contributed by atoms with Gasteiger partial charge in [-0.05, 0) is 31.1 Å². The van der Waals surface area contributed by atoms with Crippen LogP contribution in [0.4, 0.5) is 0 Å². The average Bonchev–Trinajstić information content (AvgIpc) is 2.41. The summed E-state index contributed by atoms with van der Waals surface area (Å²) in [4.78, 5) is 0. The van der Waals surface area contributed by atoms with E-state index < -0.39 is 0 Å². The van der Waals surface area contributed by atoms with E-state index in [9.17, 15) is 0 Å². The SMILES string of the molecule is CCC(CC)(CS)COC(C)c1ccccc1. The molecule has 2 heteroatoms. The number of ether oxygens (including phenoxy) is 1. The lowest BCUT2D eigenvalue weighted by Crippen LogP contribution is -2.28.